The third kappa shape index (κ3) is 2.56. The van der Waals surface area contributed by atoms with Gasteiger partial charge in [0.05, 0.1) is 0 Å². The highest BCUT2D eigenvalue weighted by Gasteiger charge is 2.16. The summed E-state index contributed by atoms with van der Waals surface area (Å²) in [5, 5.41) is 3.52. The summed E-state index contributed by atoms with van der Waals surface area (Å²) >= 11 is 4.77. The Labute approximate surface area is 106 Å². The number of rotatable bonds is 1. The molecule has 1 heterocycles. The van der Waals surface area contributed by atoms with Crippen molar-refractivity contribution in [2.24, 2.45) is 0 Å². The molecule has 0 spiro atoms. The minimum atomic E-state index is 0.600. The van der Waals surface area contributed by atoms with Crippen LogP contribution in [0.15, 0.2) is 18.2 Å². The van der Waals surface area contributed by atoms with E-state index in [-0.39, 0.29) is 0 Å². The Kier molecular flexibility index (Phi) is 3.47. The molecule has 1 atom stereocenters. The first-order chi connectivity index (χ1) is 6.25. The zero-order valence-electron chi connectivity index (χ0n) is 7.19. The SMILES string of the molecule is Ic1cc(I)cc([C@H]2CCCN2)c1. The molecule has 0 unspecified atom stereocenters. The van der Waals surface area contributed by atoms with Gasteiger partial charge in [0.25, 0.3) is 0 Å². The third-order valence-corrected chi connectivity index (χ3v) is 3.59. The maximum Gasteiger partial charge on any atom is 0.0321 e. The third-order valence-electron chi connectivity index (χ3n) is 2.35. The molecule has 70 valence electrons. The van der Waals surface area contributed by atoms with Crippen LogP contribution in [0.1, 0.15) is 24.4 Å². The van der Waals surface area contributed by atoms with E-state index < -0.39 is 0 Å². The predicted molar refractivity (Wildman–Crippen MR) is 71.9 cm³/mol. The van der Waals surface area contributed by atoms with Crippen LogP contribution in [0.2, 0.25) is 0 Å². The van der Waals surface area contributed by atoms with Gasteiger partial charge in [-0.15, -0.1) is 0 Å². The molecule has 0 aromatic heterocycles. The van der Waals surface area contributed by atoms with Crippen molar-refractivity contribution in [2.45, 2.75) is 18.9 Å². The predicted octanol–water partition coefficient (Wildman–Crippen LogP) is 3.32. The fraction of sp³-hybridized carbons (Fsp3) is 0.400. The molecule has 0 bridgehead atoms. The van der Waals surface area contributed by atoms with Gasteiger partial charge in [-0.05, 0) is 88.3 Å². The van der Waals surface area contributed by atoms with E-state index in [9.17, 15) is 0 Å². The lowest BCUT2D eigenvalue weighted by molar-refractivity contribution is 0.647. The van der Waals surface area contributed by atoms with Crippen LogP contribution in [0.4, 0.5) is 0 Å². The smallest absolute Gasteiger partial charge is 0.0321 e. The minimum absolute atomic E-state index is 0.600. The number of halogens is 2. The normalized spacial score (nSPS) is 22.2. The molecule has 1 fully saturated rings. The zero-order valence-corrected chi connectivity index (χ0v) is 11.5. The fourth-order valence-corrected chi connectivity index (χ4v) is 3.73. The topological polar surface area (TPSA) is 12.0 Å². The summed E-state index contributed by atoms with van der Waals surface area (Å²) < 4.78 is 2.68. The lowest BCUT2D eigenvalue weighted by Gasteiger charge is -2.11. The molecule has 0 saturated carbocycles. The van der Waals surface area contributed by atoms with E-state index >= 15 is 0 Å². The summed E-state index contributed by atoms with van der Waals surface area (Å²) in [6, 6.07) is 7.38. The van der Waals surface area contributed by atoms with E-state index in [0.29, 0.717) is 6.04 Å². The molecule has 1 aliphatic heterocycles. The van der Waals surface area contributed by atoms with Crippen molar-refractivity contribution in [3.63, 3.8) is 0 Å². The second-order valence-corrected chi connectivity index (χ2v) is 5.84. The van der Waals surface area contributed by atoms with Crippen LogP contribution in [0.5, 0.6) is 0 Å². The van der Waals surface area contributed by atoms with Gasteiger partial charge in [0.1, 0.15) is 0 Å². The van der Waals surface area contributed by atoms with Crippen LogP contribution in [0.25, 0.3) is 0 Å². The average Bonchev–Trinajstić information content (AvgIpc) is 2.53. The minimum Gasteiger partial charge on any atom is -0.310 e. The Morgan fingerprint density at radius 2 is 1.85 bits per heavy atom. The lowest BCUT2D eigenvalue weighted by Crippen LogP contribution is -2.13. The second-order valence-electron chi connectivity index (χ2n) is 3.35. The number of benzene rings is 1. The van der Waals surface area contributed by atoms with Crippen LogP contribution >= 0.6 is 45.2 Å². The summed E-state index contributed by atoms with van der Waals surface area (Å²) in [5.74, 6) is 0. The van der Waals surface area contributed by atoms with Crippen molar-refractivity contribution in [1.29, 1.82) is 0 Å². The van der Waals surface area contributed by atoms with Crippen molar-refractivity contribution in [2.75, 3.05) is 6.54 Å². The van der Waals surface area contributed by atoms with Crippen LogP contribution in [-0.4, -0.2) is 6.54 Å². The van der Waals surface area contributed by atoms with Gasteiger partial charge in [0.15, 0.2) is 0 Å². The van der Waals surface area contributed by atoms with E-state index in [1.807, 2.05) is 0 Å². The highest BCUT2D eigenvalue weighted by Crippen LogP contribution is 2.25. The highest BCUT2D eigenvalue weighted by atomic mass is 127. The maximum atomic E-state index is 3.52. The molecule has 0 radical (unpaired) electrons. The molecule has 0 amide bonds. The number of hydrogen-bond acceptors (Lipinski definition) is 1. The molecule has 1 nitrogen and oxygen atoms in total. The fourth-order valence-electron chi connectivity index (χ4n) is 1.75. The van der Waals surface area contributed by atoms with Crippen LogP contribution in [-0.2, 0) is 0 Å². The zero-order chi connectivity index (χ0) is 9.26. The molecular formula is C10H11I2N. The van der Waals surface area contributed by atoms with E-state index in [0.717, 1.165) is 0 Å². The second kappa shape index (κ2) is 4.44. The first-order valence-corrected chi connectivity index (χ1v) is 6.61. The van der Waals surface area contributed by atoms with Crippen molar-refractivity contribution >= 4 is 45.2 Å². The summed E-state index contributed by atoms with van der Waals surface area (Å²) in [6.45, 7) is 1.17. The van der Waals surface area contributed by atoms with E-state index in [1.165, 1.54) is 32.1 Å². The first kappa shape index (κ1) is 10.2. The van der Waals surface area contributed by atoms with Gasteiger partial charge in [-0.3, -0.25) is 0 Å². The summed E-state index contributed by atoms with van der Waals surface area (Å²) in [4.78, 5) is 0. The monoisotopic (exact) mass is 399 g/mol. The van der Waals surface area contributed by atoms with Crippen molar-refractivity contribution < 1.29 is 0 Å². The van der Waals surface area contributed by atoms with Crippen molar-refractivity contribution in [3.05, 3.63) is 30.9 Å². The van der Waals surface area contributed by atoms with Crippen molar-refractivity contribution in [1.82, 2.24) is 5.32 Å². The molecule has 2 rings (SSSR count). The van der Waals surface area contributed by atoms with Gasteiger partial charge in [-0.25, -0.2) is 0 Å². The van der Waals surface area contributed by atoms with Gasteiger partial charge < -0.3 is 5.32 Å². The van der Waals surface area contributed by atoms with Gasteiger partial charge >= 0.3 is 0 Å². The van der Waals surface area contributed by atoms with Crippen molar-refractivity contribution in [3.8, 4) is 0 Å². The van der Waals surface area contributed by atoms with Gasteiger partial charge in [-0.2, -0.15) is 0 Å². The highest BCUT2D eigenvalue weighted by molar-refractivity contribution is 14.1. The van der Waals surface area contributed by atoms with E-state index in [2.05, 4.69) is 68.7 Å². The van der Waals surface area contributed by atoms with E-state index in [1.54, 1.807) is 0 Å². The largest absolute Gasteiger partial charge is 0.310 e. The van der Waals surface area contributed by atoms with Gasteiger partial charge in [-0.1, -0.05) is 0 Å². The maximum absolute atomic E-state index is 3.52. The standard InChI is InChI=1S/C10H11I2N/c11-8-4-7(5-9(12)6-8)10-2-1-3-13-10/h4-6,10,13H,1-3H2/t10-/m1/s1. The average molecular weight is 399 g/mol. The van der Waals surface area contributed by atoms with Crippen LogP contribution < -0.4 is 5.32 Å². The Morgan fingerprint density at radius 1 is 1.15 bits per heavy atom. The number of hydrogen-bond donors (Lipinski definition) is 1. The Balaban J connectivity index is 2.28. The quantitative estimate of drug-likeness (QED) is 0.715. The molecule has 3 heteroatoms. The van der Waals surface area contributed by atoms with Crippen LogP contribution in [0.3, 0.4) is 0 Å². The summed E-state index contributed by atoms with van der Waals surface area (Å²) in [7, 11) is 0. The molecule has 13 heavy (non-hydrogen) atoms. The number of nitrogens with one attached hydrogen (secondary N) is 1. The first-order valence-electron chi connectivity index (χ1n) is 4.45. The van der Waals surface area contributed by atoms with Crippen LogP contribution in [0, 0.1) is 7.14 Å². The van der Waals surface area contributed by atoms with Gasteiger partial charge in [0.2, 0.25) is 0 Å². The molecule has 1 saturated heterocycles. The lowest BCUT2D eigenvalue weighted by atomic mass is 10.1. The Morgan fingerprint density at radius 3 is 2.38 bits per heavy atom. The summed E-state index contributed by atoms with van der Waals surface area (Å²) in [6.07, 6.45) is 2.60. The van der Waals surface area contributed by atoms with E-state index in [4.69, 9.17) is 0 Å². The summed E-state index contributed by atoms with van der Waals surface area (Å²) in [5.41, 5.74) is 1.45. The molecule has 1 aliphatic rings. The molecular weight excluding hydrogens is 388 g/mol. The Hall–Kier alpha value is 0.640. The molecule has 1 N–H and O–H groups in total. The Bertz CT molecular complexity index is 286. The molecule has 1 aromatic carbocycles. The van der Waals surface area contributed by atoms with Gasteiger partial charge in [0, 0.05) is 13.2 Å². The molecule has 1 aromatic rings. The molecule has 0 aliphatic carbocycles.